The first kappa shape index (κ1) is 10.0. The van der Waals surface area contributed by atoms with Crippen molar-refractivity contribution in [2.75, 3.05) is 25.0 Å². The van der Waals surface area contributed by atoms with Gasteiger partial charge in [0.05, 0.1) is 0 Å². The van der Waals surface area contributed by atoms with Crippen molar-refractivity contribution in [1.29, 1.82) is 0 Å². The largest absolute Gasteiger partial charge is 0.354 e. The van der Waals surface area contributed by atoms with Crippen LogP contribution in [0.2, 0.25) is 0 Å². The Morgan fingerprint density at radius 2 is 1.88 bits per heavy atom. The molecule has 3 rings (SSSR count). The first-order valence-electron chi connectivity index (χ1n) is 6.01. The minimum absolute atomic E-state index is 0.787. The van der Waals surface area contributed by atoms with Crippen LogP contribution < -0.4 is 10.6 Å². The Hall–Kier alpha value is -1.16. The van der Waals surface area contributed by atoms with E-state index in [2.05, 4.69) is 20.6 Å². The van der Waals surface area contributed by atoms with Crippen molar-refractivity contribution in [3.05, 3.63) is 17.5 Å². The number of piperidine rings is 1. The van der Waals surface area contributed by atoms with Gasteiger partial charge in [-0.2, -0.15) is 0 Å². The SMILES string of the molecule is Cc1cc(C)nc(NCC2C3CNCC32)n1. The van der Waals surface area contributed by atoms with Crippen molar-refractivity contribution in [2.45, 2.75) is 13.8 Å². The molecule has 2 fully saturated rings. The average Bonchev–Trinajstić information content (AvgIpc) is 2.68. The number of fused-ring (bicyclic) bond motifs is 1. The third-order valence-electron chi connectivity index (χ3n) is 3.75. The predicted octanol–water partition coefficient (Wildman–Crippen LogP) is 0.971. The first-order valence-corrected chi connectivity index (χ1v) is 6.01. The second-order valence-electron chi connectivity index (χ2n) is 5.01. The molecule has 1 saturated heterocycles. The lowest BCUT2D eigenvalue weighted by atomic mass is 10.3. The molecule has 0 radical (unpaired) electrons. The number of aryl methyl sites for hydroxylation is 2. The fourth-order valence-corrected chi connectivity index (χ4v) is 2.86. The Labute approximate surface area is 95.9 Å². The van der Waals surface area contributed by atoms with Crippen LogP contribution in [-0.4, -0.2) is 29.6 Å². The third-order valence-corrected chi connectivity index (χ3v) is 3.75. The zero-order valence-electron chi connectivity index (χ0n) is 9.83. The van der Waals surface area contributed by atoms with Crippen molar-refractivity contribution < 1.29 is 0 Å². The van der Waals surface area contributed by atoms with Gasteiger partial charge in [-0.1, -0.05) is 0 Å². The van der Waals surface area contributed by atoms with Crippen LogP contribution in [0.1, 0.15) is 11.4 Å². The van der Waals surface area contributed by atoms with Gasteiger partial charge in [0.25, 0.3) is 0 Å². The summed E-state index contributed by atoms with van der Waals surface area (Å²) in [5.41, 5.74) is 2.07. The second kappa shape index (κ2) is 3.70. The summed E-state index contributed by atoms with van der Waals surface area (Å²) in [5, 5.41) is 6.78. The van der Waals surface area contributed by atoms with Gasteiger partial charge in [-0.05, 0) is 50.8 Å². The molecule has 0 bridgehead atoms. The van der Waals surface area contributed by atoms with Gasteiger partial charge in [0, 0.05) is 17.9 Å². The van der Waals surface area contributed by atoms with Crippen molar-refractivity contribution in [3.8, 4) is 0 Å². The molecule has 1 aromatic rings. The van der Waals surface area contributed by atoms with E-state index in [1.807, 2.05) is 19.9 Å². The van der Waals surface area contributed by atoms with E-state index < -0.39 is 0 Å². The lowest BCUT2D eigenvalue weighted by Gasteiger charge is -2.08. The number of nitrogens with zero attached hydrogens (tertiary/aromatic N) is 2. The summed E-state index contributed by atoms with van der Waals surface area (Å²) in [6.45, 7) is 7.45. The molecule has 4 nitrogen and oxygen atoms in total. The Kier molecular flexibility index (Phi) is 2.32. The summed E-state index contributed by atoms with van der Waals surface area (Å²) in [4.78, 5) is 8.78. The normalized spacial score (nSPS) is 31.2. The van der Waals surface area contributed by atoms with E-state index in [9.17, 15) is 0 Å². The number of aromatic nitrogens is 2. The highest BCUT2D eigenvalue weighted by Gasteiger charge is 2.52. The van der Waals surface area contributed by atoms with E-state index in [1.165, 1.54) is 13.1 Å². The standard InChI is InChI=1S/C12H18N4/c1-7-3-8(2)16-12(15-7)14-6-11-9-4-13-5-10(9)11/h3,9-11,13H,4-6H2,1-2H3,(H,14,15,16). The van der Waals surface area contributed by atoms with Crippen LogP contribution in [0.4, 0.5) is 5.95 Å². The van der Waals surface area contributed by atoms with E-state index in [0.29, 0.717) is 0 Å². The number of hydrogen-bond donors (Lipinski definition) is 2. The molecule has 1 aliphatic carbocycles. The van der Waals surface area contributed by atoms with Gasteiger partial charge in [-0.3, -0.25) is 0 Å². The maximum absolute atomic E-state index is 4.39. The van der Waals surface area contributed by atoms with Crippen LogP contribution in [0.5, 0.6) is 0 Å². The summed E-state index contributed by atoms with van der Waals surface area (Å²) in [7, 11) is 0. The van der Waals surface area contributed by atoms with Gasteiger partial charge in [0.15, 0.2) is 0 Å². The monoisotopic (exact) mass is 218 g/mol. The maximum atomic E-state index is 4.39. The highest BCUT2D eigenvalue weighted by molar-refractivity contribution is 5.28. The molecule has 2 N–H and O–H groups in total. The first-order chi connectivity index (χ1) is 7.74. The smallest absolute Gasteiger partial charge is 0.223 e. The van der Waals surface area contributed by atoms with Crippen molar-refractivity contribution in [2.24, 2.45) is 17.8 Å². The lowest BCUT2D eigenvalue weighted by Crippen LogP contribution is -2.19. The predicted molar refractivity (Wildman–Crippen MR) is 63.3 cm³/mol. The highest BCUT2D eigenvalue weighted by Crippen LogP contribution is 2.48. The summed E-state index contributed by atoms with van der Waals surface area (Å²) in [6, 6.07) is 2.00. The van der Waals surface area contributed by atoms with Crippen LogP contribution >= 0.6 is 0 Å². The zero-order chi connectivity index (χ0) is 11.1. The second-order valence-corrected chi connectivity index (χ2v) is 5.01. The fourth-order valence-electron chi connectivity index (χ4n) is 2.86. The Morgan fingerprint density at radius 3 is 2.50 bits per heavy atom. The van der Waals surface area contributed by atoms with Crippen molar-refractivity contribution in [3.63, 3.8) is 0 Å². The van der Waals surface area contributed by atoms with Gasteiger partial charge in [0.1, 0.15) is 0 Å². The van der Waals surface area contributed by atoms with Crippen LogP contribution in [0.3, 0.4) is 0 Å². The molecule has 1 aliphatic heterocycles. The van der Waals surface area contributed by atoms with Crippen LogP contribution in [-0.2, 0) is 0 Å². The molecule has 1 saturated carbocycles. The summed E-state index contributed by atoms with van der Waals surface area (Å²) in [6.07, 6.45) is 0. The lowest BCUT2D eigenvalue weighted by molar-refractivity contribution is 0.613. The Balaban J connectivity index is 1.58. The van der Waals surface area contributed by atoms with Gasteiger partial charge in [0.2, 0.25) is 5.95 Å². The highest BCUT2D eigenvalue weighted by atomic mass is 15.1. The van der Waals surface area contributed by atoms with Gasteiger partial charge < -0.3 is 10.6 Å². The fraction of sp³-hybridized carbons (Fsp3) is 0.667. The molecule has 0 aromatic carbocycles. The van der Waals surface area contributed by atoms with E-state index in [-0.39, 0.29) is 0 Å². The summed E-state index contributed by atoms with van der Waals surface area (Å²) in [5.74, 6) is 3.43. The Bertz CT molecular complexity index is 374. The molecule has 2 heterocycles. The molecular weight excluding hydrogens is 200 g/mol. The molecule has 2 aliphatic rings. The topological polar surface area (TPSA) is 49.8 Å². The van der Waals surface area contributed by atoms with Gasteiger partial charge in [-0.15, -0.1) is 0 Å². The quantitative estimate of drug-likeness (QED) is 0.793. The van der Waals surface area contributed by atoms with E-state index in [0.717, 1.165) is 41.6 Å². The molecule has 2 atom stereocenters. The van der Waals surface area contributed by atoms with Gasteiger partial charge >= 0.3 is 0 Å². The zero-order valence-corrected chi connectivity index (χ0v) is 9.83. The summed E-state index contributed by atoms with van der Waals surface area (Å²) >= 11 is 0. The van der Waals surface area contributed by atoms with E-state index >= 15 is 0 Å². The van der Waals surface area contributed by atoms with E-state index in [1.54, 1.807) is 0 Å². The molecule has 1 aromatic heterocycles. The average molecular weight is 218 g/mol. The number of anilines is 1. The number of hydrogen-bond acceptors (Lipinski definition) is 4. The maximum Gasteiger partial charge on any atom is 0.223 e. The molecule has 16 heavy (non-hydrogen) atoms. The van der Waals surface area contributed by atoms with Crippen molar-refractivity contribution >= 4 is 5.95 Å². The number of nitrogens with one attached hydrogen (secondary N) is 2. The van der Waals surface area contributed by atoms with Crippen molar-refractivity contribution in [1.82, 2.24) is 15.3 Å². The van der Waals surface area contributed by atoms with Crippen LogP contribution in [0.25, 0.3) is 0 Å². The molecule has 2 unspecified atom stereocenters. The van der Waals surface area contributed by atoms with E-state index in [4.69, 9.17) is 0 Å². The minimum atomic E-state index is 0.787. The third kappa shape index (κ3) is 1.78. The molecule has 4 heteroatoms. The molecule has 0 spiro atoms. The molecule has 86 valence electrons. The molecular formula is C12H18N4. The van der Waals surface area contributed by atoms with Gasteiger partial charge in [-0.25, -0.2) is 9.97 Å². The number of rotatable bonds is 3. The Morgan fingerprint density at radius 1 is 1.25 bits per heavy atom. The van der Waals surface area contributed by atoms with Crippen LogP contribution in [0, 0.1) is 31.6 Å². The minimum Gasteiger partial charge on any atom is -0.354 e. The van der Waals surface area contributed by atoms with Crippen LogP contribution in [0.15, 0.2) is 6.07 Å². The summed E-state index contributed by atoms with van der Waals surface area (Å²) < 4.78 is 0. The molecule has 0 amide bonds.